The van der Waals surface area contributed by atoms with Crippen LogP contribution in [0.1, 0.15) is 16.7 Å². The fraction of sp³-hybridized carbons (Fsp3) is 0.409. The highest BCUT2D eigenvalue weighted by atomic mass is 16.5. The van der Waals surface area contributed by atoms with Crippen LogP contribution in [0.4, 0.5) is 4.79 Å². The summed E-state index contributed by atoms with van der Waals surface area (Å²) in [6.45, 7) is 7.11. The lowest BCUT2D eigenvalue weighted by Crippen LogP contribution is -2.51. The molecule has 0 bridgehead atoms. The third kappa shape index (κ3) is 5.73. The lowest BCUT2D eigenvalue weighted by Gasteiger charge is -2.34. The zero-order chi connectivity index (χ0) is 19.1. The van der Waals surface area contributed by atoms with Crippen molar-refractivity contribution in [1.82, 2.24) is 15.1 Å². The molecule has 3 rings (SSSR count). The minimum Gasteiger partial charge on any atom is -0.497 e. The van der Waals surface area contributed by atoms with Crippen LogP contribution < -0.4 is 10.1 Å². The predicted molar refractivity (Wildman–Crippen MR) is 108 cm³/mol. The van der Waals surface area contributed by atoms with E-state index in [4.69, 9.17) is 4.74 Å². The lowest BCUT2D eigenvalue weighted by atomic mass is 10.1. The Hall–Kier alpha value is -2.53. The molecule has 5 nitrogen and oxygen atoms in total. The van der Waals surface area contributed by atoms with Gasteiger partial charge in [-0.25, -0.2) is 4.79 Å². The average molecular weight is 367 g/mol. The number of amides is 2. The third-order valence-electron chi connectivity index (χ3n) is 5.00. The van der Waals surface area contributed by atoms with Crippen molar-refractivity contribution in [3.8, 4) is 5.75 Å². The van der Waals surface area contributed by atoms with Crippen LogP contribution in [0.5, 0.6) is 5.75 Å². The Morgan fingerprint density at radius 1 is 1.04 bits per heavy atom. The summed E-state index contributed by atoms with van der Waals surface area (Å²) in [7, 11) is 1.66. The molecular weight excluding hydrogens is 338 g/mol. The van der Waals surface area contributed by atoms with E-state index in [1.54, 1.807) is 7.11 Å². The summed E-state index contributed by atoms with van der Waals surface area (Å²) < 4.78 is 5.16. The maximum absolute atomic E-state index is 12.4. The molecule has 0 saturated carbocycles. The van der Waals surface area contributed by atoms with Crippen LogP contribution in [-0.4, -0.2) is 55.7 Å². The maximum Gasteiger partial charge on any atom is 0.317 e. The molecule has 1 fully saturated rings. The first-order valence-corrected chi connectivity index (χ1v) is 9.57. The van der Waals surface area contributed by atoms with Gasteiger partial charge in [-0.05, 0) is 36.6 Å². The Morgan fingerprint density at radius 3 is 2.44 bits per heavy atom. The number of piperazine rings is 1. The molecule has 144 valence electrons. The van der Waals surface area contributed by atoms with Gasteiger partial charge < -0.3 is 15.0 Å². The number of methoxy groups -OCH3 is 1. The minimum atomic E-state index is 0.0405. The molecule has 0 unspecified atom stereocenters. The maximum atomic E-state index is 12.4. The molecule has 1 aliphatic rings. The highest BCUT2D eigenvalue weighted by molar-refractivity contribution is 5.74. The Morgan fingerprint density at radius 2 is 1.78 bits per heavy atom. The van der Waals surface area contributed by atoms with Crippen molar-refractivity contribution >= 4 is 6.03 Å². The predicted octanol–water partition coefficient (Wildman–Crippen LogP) is 3.07. The van der Waals surface area contributed by atoms with Crippen LogP contribution in [0.25, 0.3) is 0 Å². The monoisotopic (exact) mass is 367 g/mol. The number of carbonyl (C=O) groups is 1. The summed E-state index contributed by atoms with van der Waals surface area (Å²) in [5.74, 6) is 0.853. The Balaban J connectivity index is 1.37. The fourth-order valence-corrected chi connectivity index (χ4v) is 3.40. The number of urea groups is 1. The number of nitrogens with zero attached hydrogens (tertiary/aromatic N) is 2. The number of nitrogens with one attached hydrogen (secondary N) is 1. The van der Waals surface area contributed by atoms with Gasteiger partial charge in [0.1, 0.15) is 5.75 Å². The van der Waals surface area contributed by atoms with Gasteiger partial charge in [-0.15, -0.1) is 0 Å². The number of carbonyl (C=O) groups excluding carboxylic acids is 1. The highest BCUT2D eigenvalue weighted by Crippen LogP contribution is 2.12. The van der Waals surface area contributed by atoms with Crippen LogP contribution in [0, 0.1) is 6.92 Å². The van der Waals surface area contributed by atoms with Crippen LogP contribution in [0.15, 0.2) is 48.5 Å². The molecular formula is C22H29N3O2. The SMILES string of the molecule is COc1ccc(CCNC(=O)N2CCN(Cc3cccc(C)c3)CC2)cc1. The number of aryl methyl sites for hydroxylation is 1. The van der Waals surface area contributed by atoms with Crippen molar-refractivity contribution in [1.29, 1.82) is 0 Å². The second kappa shape index (κ2) is 9.42. The molecule has 0 aromatic heterocycles. The Bertz CT molecular complexity index is 737. The summed E-state index contributed by atoms with van der Waals surface area (Å²) in [6.07, 6.45) is 0.822. The second-order valence-corrected chi connectivity index (χ2v) is 7.08. The molecule has 2 amide bonds. The third-order valence-corrected chi connectivity index (χ3v) is 5.00. The normalized spacial score (nSPS) is 14.8. The standard InChI is InChI=1S/C22H29N3O2/c1-18-4-3-5-20(16-18)17-24-12-14-25(15-13-24)22(26)23-11-10-19-6-8-21(27-2)9-7-19/h3-9,16H,10-15,17H2,1-2H3,(H,23,26). The van der Waals surface area contributed by atoms with E-state index in [-0.39, 0.29) is 6.03 Å². The first-order chi connectivity index (χ1) is 13.1. The molecule has 2 aromatic rings. The number of rotatable bonds is 6. The van der Waals surface area contributed by atoms with E-state index >= 15 is 0 Å². The fourth-order valence-electron chi connectivity index (χ4n) is 3.40. The van der Waals surface area contributed by atoms with Crippen molar-refractivity contribution in [2.75, 3.05) is 39.8 Å². The number of ether oxygens (including phenoxy) is 1. The Kier molecular flexibility index (Phi) is 6.71. The van der Waals surface area contributed by atoms with E-state index in [0.717, 1.165) is 44.9 Å². The number of hydrogen-bond donors (Lipinski definition) is 1. The van der Waals surface area contributed by atoms with Crippen molar-refractivity contribution in [2.45, 2.75) is 19.9 Å². The van der Waals surface area contributed by atoms with Gasteiger partial charge in [-0.2, -0.15) is 0 Å². The van der Waals surface area contributed by atoms with Crippen molar-refractivity contribution < 1.29 is 9.53 Å². The zero-order valence-electron chi connectivity index (χ0n) is 16.3. The van der Waals surface area contributed by atoms with E-state index in [0.29, 0.717) is 6.54 Å². The van der Waals surface area contributed by atoms with Gasteiger partial charge in [-0.3, -0.25) is 4.90 Å². The zero-order valence-corrected chi connectivity index (χ0v) is 16.3. The smallest absolute Gasteiger partial charge is 0.317 e. The molecule has 2 aromatic carbocycles. The summed E-state index contributed by atoms with van der Waals surface area (Å²) in [5.41, 5.74) is 3.83. The molecule has 1 N–H and O–H groups in total. The molecule has 27 heavy (non-hydrogen) atoms. The molecule has 1 heterocycles. The van der Waals surface area contributed by atoms with Gasteiger partial charge in [0.2, 0.25) is 0 Å². The van der Waals surface area contributed by atoms with Gasteiger partial charge in [0.05, 0.1) is 7.11 Å². The summed E-state index contributed by atoms with van der Waals surface area (Å²) >= 11 is 0. The van der Waals surface area contributed by atoms with E-state index in [9.17, 15) is 4.79 Å². The van der Waals surface area contributed by atoms with E-state index in [2.05, 4.69) is 41.4 Å². The largest absolute Gasteiger partial charge is 0.497 e. The number of hydrogen-bond acceptors (Lipinski definition) is 3. The minimum absolute atomic E-state index is 0.0405. The molecule has 1 aliphatic heterocycles. The van der Waals surface area contributed by atoms with Gasteiger partial charge in [0, 0.05) is 39.3 Å². The first kappa shape index (κ1) is 19.2. The van der Waals surface area contributed by atoms with Gasteiger partial charge in [0.25, 0.3) is 0 Å². The van der Waals surface area contributed by atoms with Gasteiger partial charge >= 0.3 is 6.03 Å². The molecule has 0 spiro atoms. The van der Waals surface area contributed by atoms with E-state index in [1.165, 1.54) is 16.7 Å². The van der Waals surface area contributed by atoms with Crippen LogP contribution in [0.3, 0.4) is 0 Å². The van der Waals surface area contributed by atoms with Crippen molar-refractivity contribution in [3.05, 3.63) is 65.2 Å². The summed E-state index contributed by atoms with van der Waals surface area (Å²) in [5, 5.41) is 3.04. The van der Waals surface area contributed by atoms with E-state index in [1.807, 2.05) is 29.2 Å². The molecule has 0 atom stereocenters. The van der Waals surface area contributed by atoms with Crippen LogP contribution in [0.2, 0.25) is 0 Å². The topological polar surface area (TPSA) is 44.8 Å². The van der Waals surface area contributed by atoms with Gasteiger partial charge in [-0.1, -0.05) is 42.0 Å². The van der Waals surface area contributed by atoms with E-state index < -0.39 is 0 Å². The second-order valence-electron chi connectivity index (χ2n) is 7.08. The molecule has 0 radical (unpaired) electrons. The Labute approximate surface area is 161 Å². The first-order valence-electron chi connectivity index (χ1n) is 9.57. The summed E-state index contributed by atoms with van der Waals surface area (Å²) in [4.78, 5) is 16.7. The summed E-state index contributed by atoms with van der Waals surface area (Å²) in [6, 6.07) is 16.6. The van der Waals surface area contributed by atoms with Crippen molar-refractivity contribution in [3.63, 3.8) is 0 Å². The lowest BCUT2D eigenvalue weighted by molar-refractivity contribution is 0.135. The quantitative estimate of drug-likeness (QED) is 0.853. The molecule has 5 heteroatoms. The van der Waals surface area contributed by atoms with Crippen LogP contribution >= 0.6 is 0 Å². The van der Waals surface area contributed by atoms with Crippen LogP contribution in [-0.2, 0) is 13.0 Å². The van der Waals surface area contributed by atoms with Gasteiger partial charge in [0.15, 0.2) is 0 Å². The molecule has 0 aliphatic carbocycles. The number of benzene rings is 2. The highest BCUT2D eigenvalue weighted by Gasteiger charge is 2.20. The molecule has 1 saturated heterocycles. The average Bonchev–Trinajstić information content (AvgIpc) is 2.69. The van der Waals surface area contributed by atoms with Crippen molar-refractivity contribution in [2.24, 2.45) is 0 Å².